The molecule has 2 atom stereocenters. The number of nitrogens with two attached hydrogens (primary N) is 1. The third kappa shape index (κ3) is 2.36. The Morgan fingerprint density at radius 1 is 1.32 bits per heavy atom. The first-order chi connectivity index (χ1) is 9.25. The second-order valence-corrected chi connectivity index (χ2v) is 5.19. The predicted octanol–water partition coefficient (Wildman–Crippen LogP) is 1.58. The molecule has 4 nitrogen and oxygen atoms in total. The van der Waals surface area contributed by atoms with Crippen LogP contribution in [0.4, 0.5) is 4.79 Å². The van der Waals surface area contributed by atoms with E-state index in [1.54, 1.807) is 0 Å². The highest BCUT2D eigenvalue weighted by Gasteiger charge is 2.31. The van der Waals surface area contributed by atoms with Crippen LogP contribution in [0.15, 0.2) is 36.4 Å². The van der Waals surface area contributed by atoms with Crippen molar-refractivity contribution >= 4 is 6.03 Å². The zero-order valence-electron chi connectivity index (χ0n) is 10.9. The second-order valence-electron chi connectivity index (χ2n) is 5.19. The normalized spacial score (nSPS) is 25.2. The SMILES string of the molecule is N[C@@H]1c2ccccc2C[C@H]1NC(=O)N1CC=CCC1. The lowest BCUT2D eigenvalue weighted by atomic mass is 10.1. The second kappa shape index (κ2) is 5.05. The van der Waals surface area contributed by atoms with Crippen molar-refractivity contribution in [3.8, 4) is 0 Å². The first kappa shape index (κ1) is 12.2. The number of fused-ring (bicyclic) bond motifs is 1. The number of carbonyl (C=O) groups excluding carboxylic acids is 1. The van der Waals surface area contributed by atoms with Crippen LogP contribution >= 0.6 is 0 Å². The van der Waals surface area contributed by atoms with Crippen LogP contribution in [-0.4, -0.2) is 30.1 Å². The third-order valence-corrected chi connectivity index (χ3v) is 3.94. The van der Waals surface area contributed by atoms with Crippen molar-refractivity contribution in [3.05, 3.63) is 47.5 Å². The zero-order valence-corrected chi connectivity index (χ0v) is 10.9. The number of hydrogen-bond donors (Lipinski definition) is 2. The molecule has 1 aliphatic heterocycles. The quantitative estimate of drug-likeness (QED) is 0.750. The standard InChI is InChI=1S/C15H19N3O/c16-14-12-7-3-2-6-11(12)10-13(14)17-15(19)18-8-4-1-5-9-18/h1-4,6-7,13-14H,5,8-10,16H2,(H,17,19)/t13-,14-/m1/s1. The lowest BCUT2D eigenvalue weighted by Crippen LogP contribution is -2.48. The maximum atomic E-state index is 12.2. The molecule has 0 radical (unpaired) electrons. The van der Waals surface area contributed by atoms with E-state index in [1.807, 2.05) is 23.1 Å². The van der Waals surface area contributed by atoms with Gasteiger partial charge >= 0.3 is 6.03 Å². The minimum atomic E-state index is -0.0968. The van der Waals surface area contributed by atoms with Gasteiger partial charge in [-0.2, -0.15) is 0 Å². The summed E-state index contributed by atoms with van der Waals surface area (Å²) in [6.07, 6.45) is 5.91. The number of hydrogen-bond acceptors (Lipinski definition) is 2. The van der Waals surface area contributed by atoms with Crippen LogP contribution in [0.1, 0.15) is 23.6 Å². The fraction of sp³-hybridized carbons (Fsp3) is 0.400. The van der Waals surface area contributed by atoms with Gasteiger partial charge in [0.05, 0.1) is 12.1 Å². The summed E-state index contributed by atoms with van der Waals surface area (Å²) >= 11 is 0. The minimum absolute atomic E-state index is 0.00222. The number of carbonyl (C=O) groups is 1. The van der Waals surface area contributed by atoms with Crippen molar-refractivity contribution in [2.75, 3.05) is 13.1 Å². The Morgan fingerprint density at radius 2 is 2.16 bits per heavy atom. The van der Waals surface area contributed by atoms with Gasteiger partial charge in [0, 0.05) is 13.1 Å². The number of amides is 2. The van der Waals surface area contributed by atoms with E-state index in [-0.39, 0.29) is 18.1 Å². The summed E-state index contributed by atoms with van der Waals surface area (Å²) in [5, 5.41) is 3.07. The highest BCUT2D eigenvalue weighted by molar-refractivity contribution is 5.75. The van der Waals surface area contributed by atoms with Gasteiger partial charge in [-0.15, -0.1) is 0 Å². The van der Waals surface area contributed by atoms with E-state index >= 15 is 0 Å². The summed E-state index contributed by atoms with van der Waals surface area (Å²) in [5.74, 6) is 0. The molecule has 2 aliphatic rings. The van der Waals surface area contributed by atoms with E-state index in [1.165, 1.54) is 5.56 Å². The summed E-state index contributed by atoms with van der Waals surface area (Å²) in [5.41, 5.74) is 8.63. The Morgan fingerprint density at radius 3 is 2.89 bits per heavy atom. The minimum Gasteiger partial charge on any atom is -0.333 e. The molecule has 0 saturated carbocycles. The van der Waals surface area contributed by atoms with Crippen LogP contribution in [-0.2, 0) is 6.42 Å². The fourth-order valence-corrected chi connectivity index (χ4v) is 2.84. The highest BCUT2D eigenvalue weighted by Crippen LogP contribution is 2.29. The average molecular weight is 257 g/mol. The molecular formula is C15H19N3O. The molecule has 1 aliphatic carbocycles. The van der Waals surface area contributed by atoms with E-state index in [0.717, 1.165) is 24.9 Å². The van der Waals surface area contributed by atoms with Gasteiger partial charge in [-0.3, -0.25) is 0 Å². The smallest absolute Gasteiger partial charge is 0.317 e. The first-order valence-electron chi connectivity index (χ1n) is 6.79. The Bertz CT molecular complexity index is 512. The maximum absolute atomic E-state index is 12.2. The molecule has 3 rings (SSSR count). The van der Waals surface area contributed by atoms with Crippen molar-refractivity contribution < 1.29 is 4.79 Å². The summed E-state index contributed by atoms with van der Waals surface area (Å²) in [7, 11) is 0. The molecule has 0 unspecified atom stereocenters. The van der Waals surface area contributed by atoms with Crippen LogP contribution in [0.5, 0.6) is 0 Å². The van der Waals surface area contributed by atoms with E-state index in [4.69, 9.17) is 5.73 Å². The average Bonchev–Trinajstić information content (AvgIpc) is 2.77. The molecule has 0 bridgehead atoms. The molecule has 19 heavy (non-hydrogen) atoms. The van der Waals surface area contributed by atoms with Crippen LogP contribution < -0.4 is 11.1 Å². The Balaban J connectivity index is 1.66. The molecule has 1 aromatic rings. The van der Waals surface area contributed by atoms with Crippen LogP contribution in [0.25, 0.3) is 0 Å². The number of nitrogens with one attached hydrogen (secondary N) is 1. The van der Waals surface area contributed by atoms with Crippen LogP contribution in [0.3, 0.4) is 0 Å². The molecule has 100 valence electrons. The van der Waals surface area contributed by atoms with Gasteiger partial charge in [0.15, 0.2) is 0 Å². The van der Waals surface area contributed by atoms with Crippen LogP contribution in [0.2, 0.25) is 0 Å². The molecule has 1 heterocycles. The zero-order chi connectivity index (χ0) is 13.2. The lowest BCUT2D eigenvalue weighted by Gasteiger charge is -2.27. The van der Waals surface area contributed by atoms with Crippen molar-refractivity contribution in [2.24, 2.45) is 5.73 Å². The Labute approximate surface area is 113 Å². The monoisotopic (exact) mass is 257 g/mol. The van der Waals surface area contributed by atoms with Gasteiger partial charge in [0.25, 0.3) is 0 Å². The van der Waals surface area contributed by atoms with Crippen molar-refractivity contribution in [1.29, 1.82) is 0 Å². The van der Waals surface area contributed by atoms with Gasteiger partial charge < -0.3 is 16.0 Å². The molecule has 1 aromatic carbocycles. The number of urea groups is 1. The largest absolute Gasteiger partial charge is 0.333 e. The molecule has 0 fully saturated rings. The highest BCUT2D eigenvalue weighted by atomic mass is 16.2. The third-order valence-electron chi connectivity index (χ3n) is 3.94. The van der Waals surface area contributed by atoms with E-state index < -0.39 is 0 Å². The van der Waals surface area contributed by atoms with Crippen molar-refractivity contribution in [3.63, 3.8) is 0 Å². The maximum Gasteiger partial charge on any atom is 0.317 e. The van der Waals surface area contributed by atoms with Gasteiger partial charge in [-0.1, -0.05) is 36.4 Å². The molecular weight excluding hydrogens is 238 g/mol. The van der Waals surface area contributed by atoms with Gasteiger partial charge in [0.2, 0.25) is 0 Å². The molecule has 2 amide bonds. The van der Waals surface area contributed by atoms with E-state index in [9.17, 15) is 4.79 Å². The predicted molar refractivity (Wildman–Crippen MR) is 74.7 cm³/mol. The molecule has 0 aromatic heterocycles. The van der Waals surface area contributed by atoms with Gasteiger partial charge in [0.1, 0.15) is 0 Å². The molecule has 0 saturated heterocycles. The van der Waals surface area contributed by atoms with Crippen LogP contribution in [0, 0.1) is 0 Å². The summed E-state index contributed by atoms with van der Waals surface area (Å²) in [6, 6.07) is 8.07. The Hall–Kier alpha value is -1.81. The lowest BCUT2D eigenvalue weighted by molar-refractivity contribution is 0.197. The van der Waals surface area contributed by atoms with Gasteiger partial charge in [-0.05, 0) is 24.0 Å². The first-order valence-corrected chi connectivity index (χ1v) is 6.79. The van der Waals surface area contributed by atoms with Crippen molar-refractivity contribution in [1.82, 2.24) is 10.2 Å². The van der Waals surface area contributed by atoms with Gasteiger partial charge in [-0.25, -0.2) is 4.79 Å². The molecule has 3 N–H and O–H groups in total. The van der Waals surface area contributed by atoms with E-state index in [2.05, 4.69) is 23.5 Å². The number of rotatable bonds is 1. The van der Waals surface area contributed by atoms with Crippen molar-refractivity contribution in [2.45, 2.75) is 24.9 Å². The number of benzene rings is 1. The number of nitrogens with zero attached hydrogens (tertiary/aromatic N) is 1. The summed E-state index contributed by atoms with van der Waals surface area (Å²) in [6.45, 7) is 1.48. The molecule has 0 spiro atoms. The summed E-state index contributed by atoms with van der Waals surface area (Å²) in [4.78, 5) is 14.0. The topological polar surface area (TPSA) is 58.4 Å². The molecule has 4 heteroatoms. The Kier molecular flexibility index (Phi) is 3.25. The fourth-order valence-electron chi connectivity index (χ4n) is 2.84. The summed E-state index contributed by atoms with van der Waals surface area (Å²) < 4.78 is 0. The van der Waals surface area contributed by atoms with E-state index in [0.29, 0.717) is 6.54 Å².